The Labute approximate surface area is 207 Å². The molecule has 1 saturated heterocycles. The van der Waals surface area contributed by atoms with E-state index in [0.717, 1.165) is 32.1 Å². The second kappa shape index (κ2) is 9.23. The van der Waals surface area contributed by atoms with Crippen molar-refractivity contribution >= 4 is 43.6 Å². The Kier molecular flexibility index (Phi) is 6.44. The Balaban J connectivity index is 1.50. The van der Waals surface area contributed by atoms with E-state index in [2.05, 4.69) is 20.7 Å². The van der Waals surface area contributed by atoms with Crippen LogP contribution in [0.4, 0.5) is 11.5 Å². The number of benzene rings is 1. The summed E-state index contributed by atoms with van der Waals surface area (Å²) < 4.78 is 31.1. The van der Waals surface area contributed by atoms with Gasteiger partial charge in [-0.15, -0.1) is 0 Å². The number of aromatic nitrogens is 1. The molecular weight excluding hydrogens is 492 g/mol. The summed E-state index contributed by atoms with van der Waals surface area (Å²) in [5.41, 5.74) is 1.93. The number of aryl methyl sites for hydroxylation is 1. The number of anilines is 1. The van der Waals surface area contributed by atoms with Crippen molar-refractivity contribution in [2.24, 2.45) is 4.36 Å². The molecule has 0 bridgehead atoms. The minimum Gasteiger partial charge on any atom is -0.394 e. The molecular formula is C24H27ClN4O3S2. The zero-order valence-corrected chi connectivity index (χ0v) is 21.1. The monoisotopic (exact) mass is 518 g/mol. The van der Waals surface area contributed by atoms with Crippen LogP contribution in [0.5, 0.6) is 0 Å². The minimum absolute atomic E-state index is 0.0725. The molecule has 34 heavy (non-hydrogen) atoms. The van der Waals surface area contributed by atoms with Crippen molar-refractivity contribution < 1.29 is 13.5 Å². The molecule has 0 spiro atoms. The number of hydrogen-bond donors (Lipinski definition) is 2. The lowest BCUT2D eigenvalue weighted by atomic mass is 9.77. The third kappa shape index (κ3) is 4.37. The Bertz CT molecular complexity index is 1290. The van der Waals surface area contributed by atoms with Gasteiger partial charge in [0, 0.05) is 28.7 Å². The van der Waals surface area contributed by atoms with Gasteiger partial charge < -0.3 is 10.4 Å². The molecule has 2 fully saturated rings. The number of nitriles is 1. The quantitative estimate of drug-likeness (QED) is 0.610. The van der Waals surface area contributed by atoms with E-state index in [9.17, 15) is 18.8 Å². The molecule has 2 aromatic rings. The molecule has 2 N–H and O–H groups in total. The first-order chi connectivity index (χ1) is 16.4. The highest BCUT2D eigenvalue weighted by Gasteiger charge is 2.39. The second-order valence-electron chi connectivity index (χ2n) is 9.39. The highest BCUT2D eigenvalue weighted by Crippen LogP contribution is 2.43. The van der Waals surface area contributed by atoms with Crippen LogP contribution in [0.25, 0.3) is 0 Å². The Morgan fingerprint density at radius 2 is 2.00 bits per heavy atom. The number of nitrogens with zero attached hydrogens (tertiary/aromatic N) is 3. The molecule has 2 aliphatic heterocycles. The van der Waals surface area contributed by atoms with Crippen molar-refractivity contribution in [3.63, 3.8) is 0 Å². The predicted molar refractivity (Wildman–Crippen MR) is 135 cm³/mol. The molecule has 1 saturated carbocycles. The van der Waals surface area contributed by atoms with Crippen LogP contribution in [0.2, 0.25) is 5.02 Å². The Morgan fingerprint density at radius 3 is 2.59 bits per heavy atom. The summed E-state index contributed by atoms with van der Waals surface area (Å²) >= 11 is 6.01. The van der Waals surface area contributed by atoms with Crippen LogP contribution >= 0.6 is 11.6 Å². The molecule has 0 amide bonds. The fourth-order valence-corrected chi connectivity index (χ4v) is 8.65. The van der Waals surface area contributed by atoms with Crippen LogP contribution in [0.1, 0.15) is 54.8 Å². The zero-order valence-electron chi connectivity index (χ0n) is 18.8. The largest absolute Gasteiger partial charge is 0.394 e. The number of fused-ring (bicyclic) bond motifs is 1. The van der Waals surface area contributed by atoms with E-state index in [1.54, 1.807) is 0 Å². The van der Waals surface area contributed by atoms with E-state index >= 15 is 0 Å². The number of aliphatic hydroxyl groups excluding tert-OH is 1. The summed E-state index contributed by atoms with van der Waals surface area (Å²) in [5.74, 6) is 1.77. The van der Waals surface area contributed by atoms with Crippen LogP contribution in [0.3, 0.4) is 0 Å². The SMILES string of the molecule is N#Cc1c(N=S2(=O)CCC(c3ccc(Cl)cc3)CC2)nc2c(c1NC1(CO)CCC1)S(=O)CC2. The lowest BCUT2D eigenvalue weighted by Crippen LogP contribution is -2.48. The van der Waals surface area contributed by atoms with Gasteiger partial charge in [-0.05, 0) is 55.7 Å². The standard InChI is InChI=1S/C24H27ClN4O3S2/c25-18-4-2-16(3-5-18)17-7-12-34(32,13-8-17)29-23-19(14-26)21(28-24(15-30)9-1-10-24)22-20(27-23)6-11-33(22)31/h2-5,17,30H,1,6-13,15H2,(H,27,28). The number of nitrogens with one attached hydrogen (secondary N) is 1. The molecule has 10 heteroatoms. The fraction of sp³-hybridized carbons (Fsp3) is 0.500. The maximum absolute atomic E-state index is 13.7. The highest BCUT2D eigenvalue weighted by atomic mass is 35.5. The number of pyridine rings is 1. The van der Waals surface area contributed by atoms with E-state index in [1.165, 1.54) is 5.56 Å². The van der Waals surface area contributed by atoms with E-state index in [1.807, 2.05) is 24.3 Å². The van der Waals surface area contributed by atoms with Crippen molar-refractivity contribution in [3.8, 4) is 6.07 Å². The van der Waals surface area contributed by atoms with Crippen molar-refractivity contribution in [2.75, 3.05) is 29.2 Å². The van der Waals surface area contributed by atoms with Crippen LogP contribution in [0, 0.1) is 11.3 Å². The van der Waals surface area contributed by atoms with Crippen LogP contribution in [0.15, 0.2) is 33.5 Å². The number of hydrogen-bond acceptors (Lipinski definition) is 7. The van der Waals surface area contributed by atoms with Gasteiger partial charge in [0.1, 0.15) is 11.6 Å². The first-order valence-electron chi connectivity index (χ1n) is 11.6. The average Bonchev–Trinajstić information content (AvgIpc) is 3.17. The first-order valence-corrected chi connectivity index (χ1v) is 15.1. The third-order valence-corrected chi connectivity index (χ3v) is 11.2. The van der Waals surface area contributed by atoms with Gasteiger partial charge in [-0.1, -0.05) is 23.7 Å². The normalized spacial score (nSPS) is 27.3. The molecule has 1 aromatic carbocycles. The molecule has 5 rings (SSSR count). The summed E-state index contributed by atoms with van der Waals surface area (Å²) in [6.45, 7) is -0.0725. The highest BCUT2D eigenvalue weighted by molar-refractivity contribution is 7.93. The lowest BCUT2D eigenvalue weighted by molar-refractivity contribution is 0.144. The number of rotatable bonds is 5. The van der Waals surface area contributed by atoms with E-state index in [-0.39, 0.29) is 18.0 Å². The van der Waals surface area contributed by atoms with Gasteiger partial charge in [0.05, 0.1) is 49.0 Å². The summed E-state index contributed by atoms with van der Waals surface area (Å²) in [4.78, 5) is 5.12. The molecule has 1 unspecified atom stereocenters. The van der Waals surface area contributed by atoms with Crippen LogP contribution < -0.4 is 5.32 Å². The smallest absolute Gasteiger partial charge is 0.181 e. The molecule has 1 aromatic heterocycles. The predicted octanol–water partition coefficient (Wildman–Crippen LogP) is 4.27. The molecule has 7 nitrogen and oxygen atoms in total. The molecule has 3 aliphatic rings. The van der Waals surface area contributed by atoms with Gasteiger partial charge in [0.15, 0.2) is 5.82 Å². The number of aliphatic hydroxyl groups is 1. The van der Waals surface area contributed by atoms with Gasteiger partial charge >= 0.3 is 0 Å². The topological polar surface area (TPSA) is 115 Å². The summed E-state index contributed by atoms with van der Waals surface area (Å²) in [7, 11) is -3.85. The molecule has 1 atom stereocenters. The van der Waals surface area contributed by atoms with Gasteiger partial charge in [-0.2, -0.15) is 9.62 Å². The summed E-state index contributed by atoms with van der Waals surface area (Å²) in [5, 5.41) is 24.1. The zero-order chi connectivity index (χ0) is 23.9. The summed E-state index contributed by atoms with van der Waals surface area (Å²) in [6.07, 6.45) is 4.52. The number of halogens is 1. The minimum atomic E-state index is -2.58. The maximum Gasteiger partial charge on any atom is 0.181 e. The Morgan fingerprint density at radius 1 is 1.29 bits per heavy atom. The lowest BCUT2D eigenvalue weighted by Gasteiger charge is -2.42. The van der Waals surface area contributed by atoms with Gasteiger partial charge in [0.2, 0.25) is 0 Å². The second-order valence-corrected chi connectivity index (χ2v) is 13.9. The van der Waals surface area contributed by atoms with Crippen molar-refractivity contribution in [3.05, 3.63) is 46.1 Å². The van der Waals surface area contributed by atoms with Gasteiger partial charge in [0.25, 0.3) is 0 Å². The van der Waals surface area contributed by atoms with Crippen LogP contribution in [-0.2, 0) is 26.9 Å². The van der Waals surface area contributed by atoms with Crippen LogP contribution in [-0.4, -0.2) is 47.9 Å². The molecule has 0 radical (unpaired) electrons. The fourth-order valence-electron chi connectivity index (χ4n) is 5.01. The Hall–Kier alpha value is -1.99. The van der Waals surface area contributed by atoms with E-state index in [0.29, 0.717) is 50.9 Å². The van der Waals surface area contributed by atoms with Crippen molar-refractivity contribution in [1.82, 2.24) is 4.98 Å². The van der Waals surface area contributed by atoms with Crippen molar-refractivity contribution in [1.29, 1.82) is 5.26 Å². The first kappa shape index (κ1) is 23.7. The molecule has 180 valence electrons. The van der Waals surface area contributed by atoms with Gasteiger partial charge in [-0.3, -0.25) is 4.21 Å². The van der Waals surface area contributed by atoms with Gasteiger partial charge in [-0.25, -0.2) is 9.19 Å². The molecule has 3 heterocycles. The van der Waals surface area contributed by atoms with E-state index in [4.69, 9.17) is 11.6 Å². The maximum atomic E-state index is 13.7. The third-order valence-electron chi connectivity index (χ3n) is 7.24. The van der Waals surface area contributed by atoms with E-state index < -0.39 is 26.1 Å². The van der Waals surface area contributed by atoms with Crippen molar-refractivity contribution in [2.45, 2.75) is 54.9 Å². The average molecular weight is 519 g/mol. The summed E-state index contributed by atoms with van der Waals surface area (Å²) in [6, 6.07) is 9.97. The molecule has 1 aliphatic carbocycles.